The second-order valence-electron chi connectivity index (χ2n) is 5.30. The highest BCUT2D eigenvalue weighted by Gasteiger charge is 2.24. The quantitative estimate of drug-likeness (QED) is 0.745. The van der Waals surface area contributed by atoms with Crippen molar-refractivity contribution in [1.29, 1.82) is 0 Å². The number of aromatic nitrogens is 2. The molecule has 0 spiro atoms. The highest BCUT2D eigenvalue weighted by molar-refractivity contribution is 5.12. The molecule has 2 rings (SSSR count). The third-order valence-corrected chi connectivity index (χ3v) is 3.91. The molecule has 1 fully saturated rings. The standard InChI is InChI=1S/C13H22N2.C2H6/c1-10(2)11-4-6-12(7-5-11)13-8-14-15(3)9-13;1-2/h8-12H,4-7H2,1-3H3;1-2H3. The van der Waals surface area contributed by atoms with Gasteiger partial charge in [0.05, 0.1) is 6.20 Å². The Kier molecular flexibility index (Phi) is 5.73. The van der Waals surface area contributed by atoms with Crippen LogP contribution in [0.4, 0.5) is 0 Å². The van der Waals surface area contributed by atoms with Crippen LogP contribution in [0.2, 0.25) is 0 Å². The van der Waals surface area contributed by atoms with Gasteiger partial charge >= 0.3 is 0 Å². The van der Waals surface area contributed by atoms with E-state index in [9.17, 15) is 0 Å². The summed E-state index contributed by atoms with van der Waals surface area (Å²) in [5.74, 6) is 2.59. The predicted octanol–water partition coefficient (Wildman–Crippen LogP) is 4.38. The summed E-state index contributed by atoms with van der Waals surface area (Å²) in [6.45, 7) is 8.71. The number of hydrogen-bond acceptors (Lipinski definition) is 1. The molecule has 0 radical (unpaired) electrons. The van der Waals surface area contributed by atoms with E-state index in [0.717, 1.165) is 17.8 Å². The van der Waals surface area contributed by atoms with E-state index in [1.54, 1.807) is 0 Å². The van der Waals surface area contributed by atoms with Crippen molar-refractivity contribution >= 4 is 0 Å². The normalized spacial score (nSPS) is 24.4. The summed E-state index contributed by atoms with van der Waals surface area (Å²) in [5.41, 5.74) is 1.44. The van der Waals surface area contributed by atoms with Crippen molar-refractivity contribution in [2.75, 3.05) is 0 Å². The van der Waals surface area contributed by atoms with Gasteiger partial charge in [0.15, 0.2) is 0 Å². The van der Waals surface area contributed by atoms with Crippen LogP contribution in [0.1, 0.15) is 64.9 Å². The molecule has 1 aromatic rings. The molecule has 1 aliphatic carbocycles. The van der Waals surface area contributed by atoms with E-state index in [-0.39, 0.29) is 0 Å². The molecule has 1 heterocycles. The van der Waals surface area contributed by atoms with E-state index in [0.29, 0.717) is 0 Å². The summed E-state index contributed by atoms with van der Waals surface area (Å²) in [5, 5.41) is 4.26. The molecule has 0 saturated heterocycles. The largest absolute Gasteiger partial charge is 0.276 e. The van der Waals surface area contributed by atoms with Gasteiger partial charge in [-0.1, -0.05) is 27.7 Å². The van der Waals surface area contributed by atoms with Crippen molar-refractivity contribution in [3.05, 3.63) is 18.0 Å². The first-order valence-electron chi connectivity index (χ1n) is 7.15. The van der Waals surface area contributed by atoms with E-state index in [2.05, 4.69) is 25.1 Å². The molecule has 0 unspecified atom stereocenters. The Balaban J connectivity index is 0.000000686. The number of nitrogens with zero attached hydrogens (tertiary/aromatic N) is 2. The number of rotatable bonds is 2. The average molecular weight is 236 g/mol. The van der Waals surface area contributed by atoms with Gasteiger partial charge in [0.2, 0.25) is 0 Å². The molecular formula is C15H28N2. The van der Waals surface area contributed by atoms with Gasteiger partial charge in [-0.05, 0) is 49.0 Å². The first-order valence-corrected chi connectivity index (χ1v) is 7.15. The summed E-state index contributed by atoms with van der Waals surface area (Å²) in [4.78, 5) is 0. The third-order valence-electron chi connectivity index (χ3n) is 3.91. The highest BCUT2D eigenvalue weighted by Crippen LogP contribution is 2.38. The molecule has 1 saturated carbocycles. The van der Waals surface area contributed by atoms with Crippen molar-refractivity contribution in [2.24, 2.45) is 18.9 Å². The maximum atomic E-state index is 4.26. The van der Waals surface area contributed by atoms with Crippen LogP contribution >= 0.6 is 0 Å². The van der Waals surface area contributed by atoms with Gasteiger partial charge in [0.25, 0.3) is 0 Å². The van der Waals surface area contributed by atoms with Gasteiger partial charge in [-0.3, -0.25) is 4.68 Å². The smallest absolute Gasteiger partial charge is 0.0524 e. The second kappa shape index (κ2) is 6.83. The maximum absolute atomic E-state index is 4.26. The summed E-state index contributed by atoms with van der Waals surface area (Å²) in [6, 6.07) is 0. The van der Waals surface area contributed by atoms with Gasteiger partial charge < -0.3 is 0 Å². The molecule has 0 aromatic carbocycles. The zero-order valence-corrected chi connectivity index (χ0v) is 12.1. The molecule has 2 heteroatoms. The Morgan fingerprint density at radius 2 is 1.76 bits per heavy atom. The van der Waals surface area contributed by atoms with Crippen LogP contribution in [-0.2, 0) is 7.05 Å². The lowest BCUT2D eigenvalue weighted by molar-refractivity contribution is 0.259. The van der Waals surface area contributed by atoms with Crippen molar-refractivity contribution in [3.63, 3.8) is 0 Å². The molecule has 1 aromatic heterocycles. The van der Waals surface area contributed by atoms with Crippen LogP contribution in [0.3, 0.4) is 0 Å². The predicted molar refractivity (Wildman–Crippen MR) is 74.1 cm³/mol. The minimum atomic E-state index is 0.772. The Morgan fingerprint density at radius 1 is 1.18 bits per heavy atom. The molecule has 0 bridgehead atoms. The fourth-order valence-corrected chi connectivity index (χ4v) is 2.77. The Hall–Kier alpha value is -0.790. The van der Waals surface area contributed by atoms with Crippen molar-refractivity contribution < 1.29 is 0 Å². The molecule has 17 heavy (non-hydrogen) atoms. The first kappa shape index (κ1) is 14.3. The summed E-state index contributed by atoms with van der Waals surface area (Å²) in [6.07, 6.45) is 9.73. The zero-order valence-electron chi connectivity index (χ0n) is 12.1. The van der Waals surface area contributed by atoms with E-state index >= 15 is 0 Å². The zero-order chi connectivity index (χ0) is 12.8. The highest BCUT2D eigenvalue weighted by atomic mass is 15.2. The van der Waals surface area contributed by atoms with Crippen LogP contribution < -0.4 is 0 Å². The number of hydrogen-bond donors (Lipinski definition) is 0. The lowest BCUT2D eigenvalue weighted by Gasteiger charge is -2.30. The van der Waals surface area contributed by atoms with Gasteiger partial charge in [0, 0.05) is 13.2 Å². The second-order valence-corrected chi connectivity index (χ2v) is 5.30. The Labute approximate surface area is 106 Å². The molecular weight excluding hydrogens is 208 g/mol. The summed E-state index contributed by atoms with van der Waals surface area (Å²) in [7, 11) is 2.00. The van der Waals surface area contributed by atoms with Crippen LogP contribution in [0.25, 0.3) is 0 Å². The molecule has 98 valence electrons. The lowest BCUT2D eigenvalue weighted by Crippen LogP contribution is -2.17. The van der Waals surface area contributed by atoms with Crippen molar-refractivity contribution in [1.82, 2.24) is 9.78 Å². The van der Waals surface area contributed by atoms with Crippen LogP contribution in [0.5, 0.6) is 0 Å². The van der Waals surface area contributed by atoms with Gasteiger partial charge in [0.1, 0.15) is 0 Å². The molecule has 2 nitrogen and oxygen atoms in total. The fourth-order valence-electron chi connectivity index (χ4n) is 2.77. The van der Waals surface area contributed by atoms with Crippen LogP contribution in [0.15, 0.2) is 12.4 Å². The minimum Gasteiger partial charge on any atom is -0.276 e. The first-order chi connectivity index (χ1) is 8.16. The van der Waals surface area contributed by atoms with Crippen LogP contribution in [0, 0.1) is 11.8 Å². The van der Waals surface area contributed by atoms with E-state index in [1.165, 1.54) is 31.2 Å². The average Bonchev–Trinajstić information content (AvgIpc) is 2.79. The summed E-state index contributed by atoms with van der Waals surface area (Å²) < 4.78 is 1.92. The topological polar surface area (TPSA) is 17.8 Å². The van der Waals surface area contributed by atoms with Gasteiger partial charge in [-0.2, -0.15) is 5.10 Å². The van der Waals surface area contributed by atoms with Gasteiger partial charge in [-0.25, -0.2) is 0 Å². The molecule has 0 aliphatic heterocycles. The monoisotopic (exact) mass is 236 g/mol. The Morgan fingerprint density at radius 3 is 2.18 bits per heavy atom. The molecule has 0 atom stereocenters. The van der Waals surface area contributed by atoms with Gasteiger partial charge in [-0.15, -0.1) is 0 Å². The summed E-state index contributed by atoms with van der Waals surface area (Å²) >= 11 is 0. The van der Waals surface area contributed by atoms with E-state index in [4.69, 9.17) is 0 Å². The maximum Gasteiger partial charge on any atom is 0.0524 e. The lowest BCUT2D eigenvalue weighted by atomic mass is 9.75. The van der Waals surface area contributed by atoms with Crippen molar-refractivity contribution in [2.45, 2.75) is 59.3 Å². The Bertz CT molecular complexity index is 306. The number of aryl methyl sites for hydroxylation is 1. The molecule has 1 aliphatic rings. The van der Waals surface area contributed by atoms with Crippen LogP contribution in [-0.4, -0.2) is 9.78 Å². The molecule has 0 amide bonds. The fraction of sp³-hybridized carbons (Fsp3) is 0.800. The minimum absolute atomic E-state index is 0.772. The van der Waals surface area contributed by atoms with E-state index in [1.807, 2.05) is 31.8 Å². The van der Waals surface area contributed by atoms with Crippen molar-refractivity contribution in [3.8, 4) is 0 Å². The molecule has 0 N–H and O–H groups in total. The van der Waals surface area contributed by atoms with E-state index < -0.39 is 0 Å². The SMILES string of the molecule is CC.CC(C)C1CCC(c2cnn(C)c2)CC1. The third kappa shape index (κ3) is 3.86.